The molecule has 24 heavy (non-hydrogen) atoms. The third kappa shape index (κ3) is 3.56. The number of hydrogen-bond acceptors (Lipinski definition) is 2. The van der Waals surface area contributed by atoms with Crippen LogP contribution in [-0.4, -0.2) is 34.5 Å². The maximum atomic E-state index is 2.76. The number of hydrogen-bond donors (Lipinski definition) is 0. The molecule has 0 amide bonds. The van der Waals surface area contributed by atoms with E-state index in [0.29, 0.717) is 6.04 Å². The van der Waals surface area contributed by atoms with Crippen molar-refractivity contribution in [2.75, 3.05) is 6.54 Å². The van der Waals surface area contributed by atoms with Crippen molar-refractivity contribution in [3.63, 3.8) is 0 Å². The lowest BCUT2D eigenvalue weighted by Crippen LogP contribution is -2.48. The first-order valence-electron chi connectivity index (χ1n) is 10.7. The van der Waals surface area contributed by atoms with Crippen LogP contribution >= 0.6 is 0 Å². The van der Waals surface area contributed by atoms with Gasteiger partial charge in [0, 0.05) is 24.7 Å². The molecule has 0 aromatic rings. The van der Waals surface area contributed by atoms with E-state index in [1.54, 1.807) is 0 Å². The Kier molecular flexibility index (Phi) is 5.67. The van der Waals surface area contributed by atoms with Crippen molar-refractivity contribution >= 4 is 0 Å². The lowest BCUT2D eigenvalue weighted by molar-refractivity contribution is 0.0446. The molecular formula is C22H41N2. The summed E-state index contributed by atoms with van der Waals surface area (Å²) in [6.45, 7) is 21.1. The highest BCUT2D eigenvalue weighted by Gasteiger charge is 2.45. The van der Waals surface area contributed by atoms with Crippen LogP contribution in [0.5, 0.6) is 0 Å². The van der Waals surface area contributed by atoms with Gasteiger partial charge in [-0.05, 0) is 68.1 Å². The molecule has 2 aliphatic carbocycles. The quantitative estimate of drug-likeness (QED) is 0.680. The van der Waals surface area contributed by atoms with Crippen LogP contribution in [0.2, 0.25) is 0 Å². The second kappa shape index (κ2) is 7.27. The van der Waals surface area contributed by atoms with Crippen LogP contribution in [0.4, 0.5) is 0 Å². The minimum atomic E-state index is 0.673. The fraction of sp³-hybridized carbons (Fsp3) is 0.955. The first kappa shape index (κ1) is 18.7. The Balaban J connectivity index is 1.70. The Morgan fingerprint density at radius 3 is 1.50 bits per heavy atom. The highest BCUT2D eigenvalue weighted by molar-refractivity contribution is 5.01. The van der Waals surface area contributed by atoms with Gasteiger partial charge in [-0.15, -0.1) is 0 Å². The minimum absolute atomic E-state index is 0.673. The van der Waals surface area contributed by atoms with Crippen molar-refractivity contribution in [1.29, 1.82) is 0 Å². The van der Waals surface area contributed by atoms with E-state index >= 15 is 0 Å². The molecular weight excluding hydrogens is 292 g/mol. The summed E-state index contributed by atoms with van der Waals surface area (Å²) in [5.41, 5.74) is 0. The molecule has 1 aliphatic heterocycles. The van der Waals surface area contributed by atoms with Gasteiger partial charge in [0.1, 0.15) is 0 Å². The van der Waals surface area contributed by atoms with Crippen molar-refractivity contribution in [1.82, 2.24) is 9.80 Å². The molecule has 2 heteroatoms. The average Bonchev–Trinajstić information content (AvgIpc) is 2.78. The lowest BCUT2D eigenvalue weighted by atomic mass is 9.73. The Hall–Kier alpha value is -0.0800. The van der Waals surface area contributed by atoms with Crippen LogP contribution in [0.3, 0.4) is 0 Å². The van der Waals surface area contributed by atoms with Crippen molar-refractivity contribution in [3.05, 3.63) is 6.67 Å². The van der Waals surface area contributed by atoms with Gasteiger partial charge in [0.25, 0.3) is 0 Å². The van der Waals surface area contributed by atoms with Gasteiger partial charge in [0.05, 0.1) is 6.67 Å². The van der Waals surface area contributed by atoms with Gasteiger partial charge >= 0.3 is 0 Å². The molecule has 0 spiro atoms. The second-order valence-electron chi connectivity index (χ2n) is 10.2. The second-order valence-corrected chi connectivity index (χ2v) is 10.2. The zero-order valence-electron chi connectivity index (χ0n) is 17.2. The minimum Gasteiger partial charge on any atom is -0.280 e. The molecule has 2 saturated carbocycles. The molecule has 139 valence electrons. The zero-order valence-corrected chi connectivity index (χ0v) is 17.2. The Morgan fingerprint density at radius 2 is 1.04 bits per heavy atom. The monoisotopic (exact) mass is 333 g/mol. The number of nitrogens with zero attached hydrogens (tertiary/aromatic N) is 2. The summed E-state index contributed by atoms with van der Waals surface area (Å²) in [5, 5.41) is 0. The van der Waals surface area contributed by atoms with Crippen LogP contribution in [-0.2, 0) is 0 Å². The smallest absolute Gasteiger partial charge is 0.0930 e. The molecule has 3 fully saturated rings. The molecule has 5 unspecified atom stereocenters. The molecule has 0 bridgehead atoms. The Bertz CT molecular complexity index is 398. The molecule has 3 rings (SSSR count). The summed E-state index contributed by atoms with van der Waals surface area (Å²) >= 11 is 0. The largest absolute Gasteiger partial charge is 0.280 e. The fourth-order valence-corrected chi connectivity index (χ4v) is 6.95. The molecule has 5 atom stereocenters. The molecule has 0 aromatic carbocycles. The third-order valence-electron chi connectivity index (χ3n) is 7.42. The van der Waals surface area contributed by atoms with E-state index in [0.717, 1.165) is 47.6 Å². The van der Waals surface area contributed by atoms with Gasteiger partial charge < -0.3 is 0 Å². The van der Waals surface area contributed by atoms with E-state index in [-0.39, 0.29) is 0 Å². The summed E-state index contributed by atoms with van der Waals surface area (Å²) in [6.07, 6.45) is 5.61. The highest BCUT2D eigenvalue weighted by atomic mass is 15.4. The zero-order chi connectivity index (χ0) is 17.6. The summed E-state index contributed by atoms with van der Waals surface area (Å²) in [7, 11) is 0. The molecule has 1 saturated heterocycles. The summed E-state index contributed by atoms with van der Waals surface area (Å²) in [6, 6.07) is 2.17. The van der Waals surface area contributed by atoms with Crippen LogP contribution in [0.25, 0.3) is 0 Å². The van der Waals surface area contributed by atoms with E-state index in [9.17, 15) is 0 Å². The van der Waals surface area contributed by atoms with Gasteiger partial charge in [-0.3, -0.25) is 9.80 Å². The van der Waals surface area contributed by atoms with Crippen LogP contribution in [0.15, 0.2) is 0 Å². The average molecular weight is 334 g/mol. The van der Waals surface area contributed by atoms with E-state index in [1.165, 1.54) is 32.2 Å². The van der Waals surface area contributed by atoms with E-state index < -0.39 is 0 Å². The van der Waals surface area contributed by atoms with Gasteiger partial charge in [-0.25, -0.2) is 0 Å². The normalized spacial score (nSPS) is 51.9. The predicted octanol–water partition coefficient (Wildman–Crippen LogP) is 5.25. The third-order valence-corrected chi connectivity index (χ3v) is 7.42. The maximum absolute atomic E-state index is 2.76. The Labute approximate surface area is 151 Å². The highest BCUT2D eigenvalue weighted by Crippen LogP contribution is 2.42. The molecule has 0 aromatic heterocycles. The van der Waals surface area contributed by atoms with Crippen molar-refractivity contribution in [2.24, 2.45) is 35.5 Å². The SMILES string of the molecule is CC1CC(C)C(N2[CH]N(C3C(C)CC(C)CC3C)C(C)C2)C(C)C1. The predicted molar refractivity (Wildman–Crippen MR) is 103 cm³/mol. The van der Waals surface area contributed by atoms with Gasteiger partial charge in [-0.1, -0.05) is 41.5 Å². The molecule has 1 heterocycles. The topological polar surface area (TPSA) is 6.48 Å². The van der Waals surface area contributed by atoms with E-state index in [1.807, 2.05) is 0 Å². The number of rotatable bonds is 2. The summed E-state index contributed by atoms with van der Waals surface area (Å²) in [4.78, 5) is 5.50. The maximum Gasteiger partial charge on any atom is 0.0930 e. The molecule has 3 aliphatic rings. The van der Waals surface area contributed by atoms with Crippen molar-refractivity contribution in [2.45, 2.75) is 92.3 Å². The molecule has 0 N–H and O–H groups in total. The first-order valence-corrected chi connectivity index (χ1v) is 10.7. The fourth-order valence-electron chi connectivity index (χ4n) is 6.95. The summed E-state index contributed by atoms with van der Waals surface area (Å²) < 4.78 is 0. The standard InChI is InChI=1S/C22H41N2/c1-14-8-16(3)21(17(4)9-14)23-12-20(7)24(13-23)22-18(5)10-15(2)11-19(22)6/h13-22H,8-12H2,1-7H3. The van der Waals surface area contributed by atoms with E-state index in [4.69, 9.17) is 0 Å². The van der Waals surface area contributed by atoms with Crippen LogP contribution < -0.4 is 0 Å². The molecule has 2 nitrogen and oxygen atoms in total. The van der Waals surface area contributed by atoms with Crippen molar-refractivity contribution < 1.29 is 0 Å². The Morgan fingerprint density at radius 1 is 0.625 bits per heavy atom. The lowest BCUT2D eigenvalue weighted by Gasteiger charge is -2.45. The van der Waals surface area contributed by atoms with Gasteiger partial charge in [-0.2, -0.15) is 0 Å². The van der Waals surface area contributed by atoms with Gasteiger partial charge in [0.15, 0.2) is 0 Å². The molecule has 1 radical (unpaired) electrons. The van der Waals surface area contributed by atoms with Gasteiger partial charge in [0.2, 0.25) is 0 Å². The van der Waals surface area contributed by atoms with Crippen molar-refractivity contribution in [3.8, 4) is 0 Å². The van der Waals surface area contributed by atoms with Crippen LogP contribution in [0.1, 0.15) is 74.1 Å². The first-order chi connectivity index (χ1) is 11.3. The van der Waals surface area contributed by atoms with E-state index in [2.05, 4.69) is 64.9 Å². The van der Waals surface area contributed by atoms with Crippen LogP contribution in [0, 0.1) is 42.2 Å². The summed E-state index contributed by atoms with van der Waals surface area (Å²) in [5.74, 6) is 5.11.